The van der Waals surface area contributed by atoms with Crippen molar-refractivity contribution < 1.29 is 14.1 Å². The third-order valence-corrected chi connectivity index (χ3v) is 4.10. The lowest BCUT2D eigenvalue weighted by atomic mass is 10.2. The fourth-order valence-corrected chi connectivity index (χ4v) is 2.65. The average Bonchev–Trinajstić information content (AvgIpc) is 2.54. The Bertz CT molecular complexity index is 608. The summed E-state index contributed by atoms with van der Waals surface area (Å²) in [5, 5.41) is 1.42. The van der Waals surface area contributed by atoms with Crippen LogP contribution in [0.2, 0.25) is 0 Å². The third kappa shape index (κ3) is 4.77. The van der Waals surface area contributed by atoms with E-state index in [1.54, 1.807) is 19.1 Å². The van der Waals surface area contributed by atoms with Crippen molar-refractivity contribution in [1.82, 2.24) is 0 Å². The Kier molecular flexibility index (Phi) is 5.60. The van der Waals surface area contributed by atoms with Gasteiger partial charge in [-0.2, -0.15) is 0 Å². The van der Waals surface area contributed by atoms with E-state index in [1.807, 2.05) is 48.5 Å². The van der Waals surface area contributed by atoms with Crippen LogP contribution < -0.4 is 0 Å². The van der Waals surface area contributed by atoms with Gasteiger partial charge in [0.1, 0.15) is 12.0 Å². The minimum Gasteiger partial charge on any atom is -0.607 e. The molecule has 0 saturated heterocycles. The van der Waals surface area contributed by atoms with E-state index < -0.39 is 17.1 Å². The van der Waals surface area contributed by atoms with Gasteiger partial charge in [0.2, 0.25) is 0 Å². The molecule has 2 aromatic carbocycles. The minimum absolute atomic E-state index is 0.211. The first-order chi connectivity index (χ1) is 10.2. The van der Waals surface area contributed by atoms with Crippen LogP contribution in [0.3, 0.4) is 0 Å². The summed E-state index contributed by atoms with van der Waals surface area (Å²) < 4.78 is 17.2. The molecule has 21 heavy (non-hydrogen) atoms. The Balaban J connectivity index is 1.94. The molecule has 0 aliphatic heterocycles. The van der Waals surface area contributed by atoms with Crippen molar-refractivity contribution in [2.45, 2.75) is 18.4 Å². The molecule has 0 N–H and O–H groups in total. The molecule has 0 aromatic heterocycles. The maximum absolute atomic E-state index is 12.1. The van der Waals surface area contributed by atoms with E-state index in [0.29, 0.717) is 10.5 Å². The highest BCUT2D eigenvalue weighted by molar-refractivity contribution is 7.94. The average molecular weight is 300 g/mol. The zero-order chi connectivity index (χ0) is 15.1. The van der Waals surface area contributed by atoms with Crippen LogP contribution >= 0.6 is 0 Å². The fraction of sp³-hybridized carbons (Fsp3) is 0.118. The van der Waals surface area contributed by atoms with Crippen LogP contribution in [0.1, 0.15) is 12.5 Å². The number of carbonyl (C=O) groups is 1. The smallest absolute Gasteiger partial charge is 0.338 e. The summed E-state index contributed by atoms with van der Waals surface area (Å²) in [7, 11) is 0. The molecular formula is C17H16O3S. The lowest BCUT2D eigenvalue weighted by Crippen LogP contribution is -2.08. The summed E-state index contributed by atoms with van der Waals surface area (Å²) in [5.41, 5.74) is 1.26. The summed E-state index contributed by atoms with van der Waals surface area (Å²) in [6.07, 6.45) is 0. The van der Waals surface area contributed by atoms with Gasteiger partial charge in [0.25, 0.3) is 0 Å². The maximum atomic E-state index is 12.1. The first-order valence-corrected chi connectivity index (χ1v) is 7.73. The SMILES string of the molecule is CC(=C[S+]([O-])c1ccccc1)C(=O)OCc1ccccc1. The molecule has 0 aliphatic carbocycles. The molecule has 108 valence electrons. The molecule has 4 heteroatoms. The van der Waals surface area contributed by atoms with Crippen LogP contribution in [0.15, 0.2) is 76.5 Å². The Hall–Kier alpha value is -2.04. The highest BCUT2D eigenvalue weighted by atomic mass is 32.2. The normalized spacial score (nSPS) is 12.8. The lowest BCUT2D eigenvalue weighted by molar-refractivity contribution is -0.140. The van der Waals surface area contributed by atoms with Crippen LogP contribution in [0.25, 0.3) is 0 Å². The van der Waals surface area contributed by atoms with Gasteiger partial charge in [-0.15, -0.1) is 0 Å². The fourth-order valence-electron chi connectivity index (χ4n) is 1.67. The molecule has 2 rings (SSSR count). The van der Waals surface area contributed by atoms with Crippen LogP contribution in [-0.4, -0.2) is 10.5 Å². The van der Waals surface area contributed by atoms with Crippen LogP contribution in [-0.2, 0) is 27.3 Å². The van der Waals surface area contributed by atoms with Crippen LogP contribution in [0.4, 0.5) is 0 Å². The molecule has 2 aromatic rings. The van der Waals surface area contributed by atoms with Gasteiger partial charge in [0.15, 0.2) is 4.90 Å². The first kappa shape index (κ1) is 15.4. The monoisotopic (exact) mass is 300 g/mol. The predicted molar refractivity (Wildman–Crippen MR) is 82.8 cm³/mol. The van der Waals surface area contributed by atoms with Crippen molar-refractivity contribution in [1.29, 1.82) is 0 Å². The van der Waals surface area contributed by atoms with Gasteiger partial charge in [-0.05, 0) is 24.6 Å². The summed E-state index contributed by atoms with van der Waals surface area (Å²) >= 11 is -1.35. The Morgan fingerprint density at radius 3 is 2.29 bits per heavy atom. The predicted octanol–water partition coefficient (Wildman–Crippen LogP) is 3.44. The highest BCUT2D eigenvalue weighted by Crippen LogP contribution is 2.14. The second-order valence-electron chi connectivity index (χ2n) is 4.47. The lowest BCUT2D eigenvalue weighted by Gasteiger charge is -2.07. The quantitative estimate of drug-likeness (QED) is 0.483. The molecule has 0 aliphatic rings. The molecule has 0 spiro atoms. The van der Waals surface area contributed by atoms with Crippen molar-refractivity contribution in [2.75, 3.05) is 0 Å². The molecule has 1 atom stereocenters. The van der Waals surface area contributed by atoms with Crippen molar-refractivity contribution in [2.24, 2.45) is 0 Å². The molecule has 0 heterocycles. The van der Waals surface area contributed by atoms with Crippen LogP contribution in [0, 0.1) is 0 Å². The van der Waals surface area contributed by atoms with Gasteiger partial charge in [0, 0.05) is 11.2 Å². The number of rotatable bonds is 5. The summed E-state index contributed by atoms with van der Waals surface area (Å²) in [4.78, 5) is 12.5. The van der Waals surface area contributed by atoms with Gasteiger partial charge in [0.05, 0.1) is 5.57 Å². The van der Waals surface area contributed by atoms with E-state index in [4.69, 9.17) is 4.74 Å². The Morgan fingerprint density at radius 1 is 1.10 bits per heavy atom. The number of hydrogen-bond donors (Lipinski definition) is 0. The maximum Gasteiger partial charge on any atom is 0.338 e. The Labute approximate surface area is 127 Å². The summed E-state index contributed by atoms with van der Waals surface area (Å²) in [5.74, 6) is -0.455. The van der Waals surface area contributed by atoms with E-state index >= 15 is 0 Å². The number of carbonyl (C=O) groups excluding carboxylic acids is 1. The highest BCUT2D eigenvalue weighted by Gasteiger charge is 2.13. The van der Waals surface area contributed by atoms with Crippen molar-refractivity contribution in [3.8, 4) is 0 Å². The van der Waals surface area contributed by atoms with Gasteiger partial charge in [-0.3, -0.25) is 0 Å². The van der Waals surface area contributed by atoms with E-state index in [1.165, 1.54) is 5.41 Å². The zero-order valence-corrected chi connectivity index (χ0v) is 12.5. The zero-order valence-electron chi connectivity index (χ0n) is 11.7. The molecule has 3 nitrogen and oxygen atoms in total. The third-order valence-electron chi connectivity index (χ3n) is 2.79. The van der Waals surface area contributed by atoms with Gasteiger partial charge in [-0.1, -0.05) is 48.5 Å². The molecule has 0 bridgehead atoms. The van der Waals surface area contributed by atoms with Gasteiger partial charge in [-0.25, -0.2) is 4.79 Å². The molecule has 0 radical (unpaired) electrons. The van der Waals surface area contributed by atoms with E-state index in [9.17, 15) is 9.35 Å². The van der Waals surface area contributed by atoms with E-state index in [0.717, 1.165) is 5.56 Å². The van der Waals surface area contributed by atoms with E-state index in [2.05, 4.69) is 0 Å². The second kappa shape index (κ2) is 7.67. The van der Waals surface area contributed by atoms with Crippen molar-refractivity contribution in [3.63, 3.8) is 0 Å². The number of ether oxygens (including phenoxy) is 1. The van der Waals surface area contributed by atoms with Crippen LogP contribution in [0.5, 0.6) is 0 Å². The standard InChI is InChI=1S/C17H16O3S/c1-14(13-21(19)16-10-6-3-7-11-16)17(18)20-12-15-8-4-2-5-9-15/h2-11,13H,12H2,1H3. The molecule has 0 fully saturated rings. The van der Waals surface area contributed by atoms with Crippen molar-refractivity contribution >= 4 is 17.1 Å². The van der Waals surface area contributed by atoms with Gasteiger partial charge >= 0.3 is 5.97 Å². The van der Waals surface area contributed by atoms with Crippen molar-refractivity contribution in [3.05, 3.63) is 77.2 Å². The minimum atomic E-state index is -1.35. The first-order valence-electron chi connectivity index (χ1n) is 6.52. The Morgan fingerprint density at radius 2 is 1.67 bits per heavy atom. The molecule has 0 saturated carbocycles. The summed E-state index contributed by atoms with van der Waals surface area (Å²) in [6, 6.07) is 18.4. The molecule has 1 unspecified atom stereocenters. The number of hydrogen-bond acceptors (Lipinski definition) is 3. The van der Waals surface area contributed by atoms with E-state index in [-0.39, 0.29) is 6.61 Å². The molecular weight excluding hydrogens is 284 g/mol. The summed E-state index contributed by atoms with van der Waals surface area (Å²) in [6.45, 7) is 1.82. The topological polar surface area (TPSA) is 49.4 Å². The molecule has 0 amide bonds. The number of benzene rings is 2. The van der Waals surface area contributed by atoms with Gasteiger partial charge < -0.3 is 9.29 Å². The number of esters is 1. The largest absolute Gasteiger partial charge is 0.607 e. The second-order valence-corrected chi connectivity index (χ2v) is 5.77.